The Kier molecular flexibility index (Phi) is 5.78. The predicted octanol–water partition coefficient (Wildman–Crippen LogP) is 2.40. The van der Waals surface area contributed by atoms with Gasteiger partial charge in [-0.25, -0.2) is 0 Å². The van der Waals surface area contributed by atoms with Crippen LogP contribution in [0.3, 0.4) is 0 Å². The second-order valence-corrected chi connectivity index (χ2v) is 5.64. The van der Waals surface area contributed by atoms with Crippen molar-refractivity contribution < 1.29 is 9.53 Å². The number of carbonyl (C=O) groups is 1. The SMILES string of the molecule is COCC(C)(C)NCC(=O)Nc1cccc(Br)c1. The van der Waals surface area contributed by atoms with E-state index in [1.54, 1.807) is 7.11 Å². The third kappa shape index (κ3) is 5.62. The Labute approximate surface area is 116 Å². The Morgan fingerprint density at radius 3 is 2.78 bits per heavy atom. The highest BCUT2D eigenvalue weighted by molar-refractivity contribution is 9.10. The van der Waals surface area contributed by atoms with Crippen LogP contribution in [-0.4, -0.2) is 31.7 Å². The van der Waals surface area contributed by atoms with Crippen LogP contribution in [0.4, 0.5) is 5.69 Å². The van der Waals surface area contributed by atoms with Crippen molar-refractivity contribution in [2.24, 2.45) is 0 Å². The Bertz CT molecular complexity index is 408. The van der Waals surface area contributed by atoms with Crippen LogP contribution in [0.25, 0.3) is 0 Å². The molecule has 0 saturated carbocycles. The van der Waals surface area contributed by atoms with Crippen LogP contribution in [0.2, 0.25) is 0 Å². The standard InChI is InChI=1S/C13H19BrN2O2/c1-13(2,9-18-3)15-8-12(17)16-11-6-4-5-10(14)7-11/h4-7,15H,8-9H2,1-3H3,(H,16,17). The molecule has 0 unspecified atom stereocenters. The summed E-state index contributed by atoms with van der Waals surface area (Å²) in [5, 5.41) is 5.97. The Hall–Kier alpha value is -0.910. The van der Waals surface area contributed by atoms with Crippen molar-refractivity contribution in [3.8, 4) is 0 Å². The lowest BCUT2D eigenvalue weighted by atomic mass is 10.1. The molecule has 0 aliphatic heterocycles. The smallest absolute Gasteiger partial charge is 0.238 e. The average molecular weight is 315 g/mol. The lowest BCUT2D eigenvalue weighted by Gasteiger charge is -2.24. The molecule has 0 heterocycles. The highest BCUT2D eigenvalue weighted by atomic mass is 79.9. The maximum atomic E-state index is 11.7. The molecule has 0 saturated heterocycles. The summed E-state index contributed by atoms with van der Waals surface area (Å²) >= 11 is 3.36. The molecule has 5 heteroatoms. The fraction of sp³-hybridized carbons (Fsp3) is 0.462. The minimum absolute atomic E-state index is 0.0720. The van der Waals surface area contributed by atoms with E-state index in [2.05, 4.69) is 26.6 Å². The summed E-state index contributed by atoms with van der Waals surface area (Å²) in [4.78, 5) is 11.7. The van der Waals surface area contributed by atoms with Gasteiger partial charge in [0.05, 0.1) is 13.2 Å². The molecule has 0 bridgehead atoms. The van der Waals surface area contributed by atoms with Gasteiger partial charge in [0.1, 0.15) is 0 Å². The van der Waals surface area contributed by atoms with E-state index in [0.29, 0.717) is 6.61 Å². The molecule has 4 nitrogen and oxygen atoms in total. The van der Waals surface area contributed by atoms with Crippen molar-refractivity contribution in [1.29, 1.82) is 0 Å². The van der Waals surface area contributed by atoms with Crippen LogP contribution in [0.1, 0.15) is 13.8 Å². The van der Waals surface area contributed by atoms with E-state index >= 15 is 0 Å². The van der Waals surface area contributed by atoms with Gasteiger partial charge in [-0.15, -0.1) is 0 Å². The largest absolute Gasteiger partial charge is 0.383 e. The summed E-state index contributed by atoms with van der Waals surface area (Å²) in [5.41, 5.74) is 0.560. The van der Waals surface area contributed by atoms with E-state index < -0.39 is 0 Å². The monoisotopic (exact) mass is 314 g/mol. The van der Waals surface area contributed by atoms with Crippen molar-refractivity contribution in [2.45, 2.75) is 19.4 Å². The topological polar surface area (TPSA) is 50.4 Å². The summed E-state index contributed by atoms with van der Waals surface area (Å²) in [6.45, 7) is 4.78. The third-order valence-corrected chi connectivity index (χ3v) is 2.83. The van der Waals surface area contributed by atoms with Gasteiger partial charge in [-0.2, -0.15) is 0 Å². The van der Waals surface area contributed by atoms with Crippen molar-refractivity contribution >= 4 is 27.5 Å². The molecule has 0 fully saturated rings. The number of carbonyl (C=O) groups excluding carboxylic acids is 1. The van der Waals surface area contributed by atoms with Gasteiger partial charge in [-0.05, 0) is 32.0 Å². The second-order valence-electron chi connectivity index (χ2n) is 4.73. The summed E-state index contributed by atoms with van der Waals surface area (Å²) in [7, 11) is 1.64. The van der Waals surface area contributed by atoms with Crippen molar-refractivity contribution in [3.63, 3.8) is 0 Å². The van der Waals surface area contributed by atoms with Crippen LogP contribution in [-0.2, 0) is 9.53 Å². The molecule has 0 aliphatic rings. The predicted molar refractivity (Wildman–Crippen MR) is 76.7 cm³/mol. The van der Waals surface area contributed by atoms with Gasteiger partial charge >= 0.3 is 0 Å². The average Bonchev–Trinajstić information content (AvgIpc) is 2.26. The summed E-state index contributed by atoms with van der Waals surface area (Å²) in [5.74, 6) is -0.0720. The Balaban J connectivity index is 2.43. The van der Waals surface area contributed by atoms with Gasteiger partial charge in [0.25, 0.3) is 0 Å². The maximum Gasteiger partial charge on any atom is 0.238 e. The molecular formula is C13H19BrN2O2. The fourth-order valence-corrected chi connectivity index (χ4v) is 1.90. The molecule has 1 rings (SSSR count). The lowest BCUT2D eigenvalue weighted by Crippen LogP contribution is -2.46. The summed E-state index contributed by atoms with van der Waals surface area (Å²) in [6.07, 6.45) is 0. The second kappa shape index (κ2) is 6.87. The van der Waals surface area contributed by atoms with Crippen molar-refractivity contribution in [2.75, 3.05) is 25.6 Å². The van der Waals surface area contributed by atoms with E-state index in [4.69, 9.17) is 4.74 Å². The first-order valence-electron chi connectivity index (χ1n) is 5.72. The van der Waals surface area contributed by atoms with Gasteiger partial charge in [0, 0.05) is 22.8 Å². The van der Waals surface area contributed by atoms with Gasteiger partial charge in [-0.3, -0.25) is 4.79 Å². The molecule has 0 atom stereocenters. The fourth-order valence-electron chi connectivity index (χ4n) is 1.50. The van der Waals surface area contributed by atoms with Gasteiger partial charge in [-0.1, -0.05) is 22.0 Å². The number of methoxy groups -OCH3 is 1. The van der Waals surface area contributed by atoms with E-state index in [1.807, 2.05) is 38.1 Å². The molecule has 1 aromatic carbocycles. The quantitative estimate of drug-likeness (QED) is 0.847. The van der Waals surface area contributed by atoms with Gasteiger partial charge in [0.15, 0.2) is 0 Å². The molecule has 2 N–H and O–H groups in total. The highest BCUT2D eigenvalue weighted by Crippen LogP contribution is 2.15. The van der Waals surface area contributed by atoms with Crippen molar-refractivity contribution in [3.05, 3.63) is 28.7 Å². The first-order chi connectivity index (χ1) is 8.43. The van der Waals surface area contributed by atoms with Crippen LogP contribution >= 0.6 is 15.9 Å². The first kappa shape index (κ1) is 15.1. The molecule has 0 spiro atoms. The first-order valence-corrected chi connectivity index (χ1v) is 6.52. The lowest BCUT2D eigenvalue weighted by molar-refractivity contribution is -0.115. The minimum Gasteiger partial charge on any atom is -0.383 e. The van der Waals surface area contributed by atoms with E-state index in [-0.39, 0.29) is 18.0 Å². The highest BCUT2D eigenvalue weighted by Gasteiger charge is 2.17. The number of benzene rings is 1. The Morgan fingerprint density at radius 2 is 2.17 bits per heavy atom. The summed E-state index contributed by atoms with van der Waals surface area (Å²) < 4.78 is 6.01. The number of hydrogen-bond donors (Lipinski definition) is 2. The normalized spacial score (nSPS) is 11.3. The zero-order chi connectivity index (χ0) is 13.6. The molecule has 0 aromatic heterocycles. The number of halogens is 1. The minimum atomic E-state index is -0.219. The Morgan fingerprint density at radius 1 is 1.44 bits per heavy atom. The number of ether oxygens (including phenoxy) is 1. The van der Waals surface area contributed by atoms with E-state index in [0.717, 1.165) is 10.2 Å². The van der Waals surface area contributed by atoms with Crippen LogP contribution in [0.5, 0.6) is 0 Å². The molecule has 0 aliphatic carbocycles. The molecular weight excluding hydrogens is 296 g/mol. The zero-order valence-electron chi connectivity index (χ0n) is 10.9. The van der Waals surface area contributed by atoms with E-state index in [9.17, 15) is 4.79 Å². The summed E-state index contributed by atoms with van der Waals surface area (Å²) in [6, 6.07) is 7.50. The molecule has 0 radical (unpaired) electrons. The molecule has 18 heavy (non-hydrogen) atoms. The number of hydrogen-bond acceptors (Lipinski definition) is 3. The molecule has 100 valence electrons. The van der Waals surface area contributed by atoms with Crippen LogP contribution in [0.15, 0.2) is 28.7 Å². The van der Waals surface area contributed by atoms with Gasteiger partial charge < -0.3 is 15.4 Å². The number of rotatable bonds is 6. The third-order valence-electron chi connectivity index (χ3n) is 2.34. The molecule has 1 aromatic rings. The maximum absolute atomic E-state index is 11.7. The van der Waals surface area contributed by atoms with Crippen LogP contribution < -0.4 is 10.6 Å². The van der Waals surface area contributed by atoms with E-state index in [1.165, 1.54) is 0 Å². The van der Waals surface area contributed by atoms with Gasteiger partial charge in [0.2, 0.25) is 5.91 Å². The van der Waals surface area contributed by atoms with Crippen LogP contribution in [0, 0.1) is 0 Å². The van der Waals surface area contributed by atoms with Crippen molar-refractivity contribution in [1.82, 2.24) is 5.32 Å². The number of nitrogens with one attached hydrogen (secondary N) is 2. The number of amides is 1. The molecule has 1 amide bonds. The zero-order valence-corrected chi connectivity index (χ0v) is 12.5. The number of anilines is 1.